The number of ether oxygens (including phenoxy) is 1. The summed E-state index contributed by atoms with van der Waals surface area (Å²) in [4.78, 5) is 24.4. The molecule has 1 aromatic carbocycles. The van der Waals surface area contributed by atoms with Crippen LogP contribution in [-0.2, 0) is 24.3 Å². The van der Waals surface area contributed by atoms with Gasteiger partial charge in [0.1, 0.15) is 6.04 Å². The lowest BCUT2D eigenvalue weighted by molar-refractivity contribution is -0.159. The fraction of sp³-hybridized carbons (Fsp3) is 0.529. The Kier molecular flexibility index (Phi) is 6.55. The van der Waals surface area contributed by atoms with E-state index in [0.717, 1.165) is 6.42 Å². The third-order valence-corrected chi connectivity index (χ3v) is 6.01. The highest BCUT2D eigenvalue weighted by Gasteiger charge is 2.39. The number of rotatable bonds is 6. The average Bonchev–Trinajstić information content (AvgIpc) is 2.62. The summed E-state index contributed by atoms with van der Waals surface area (Å²) in [5.41, 5.74) is 0. The van der Waals surface area contributed by atoms with Crippen molar-refractivity contribution < 1.29 is 22.7 Å². The first kappa shape index (κ1) is 19.4. The molecule has 0 bridgehead atoms. The number of esters is 1. The van der Waals surface area contributed by atoms with Crippen molar-refractivity contribution in [1.29, 1.82) is 0 Å². The molecule has 0 radical (unpaired) electrons. The lowest BCUT2D eigenvalue weighted by Crippen LogP contribution is -2.50. The van der Waals surface area contributed by atoms with Crippen LogP contribution in [0.15, 0.2) is 35.2 Å². The van der Waals surface area contributed by atoms with Gasteiger partial charge in [-0.25, -0.2) is 8.42 Å². The smallest absolute Gasteiger partial charge is 0.325 e. The van der Waals surface area contributed by atoms with Gasteiger partial charge < -0.3 is 10.1 Å². The van der Waals surface area contributed by atoms with Crippen LogP contribution >= 0.6 is 0 Å². The Morgan fingerprint density at radius 2 is 1.96 bits per heavy atom. The van der Waals surface area contributed by atoms with Gasteiger partial charge >= 0.3 is 5.97 Å². The molecule has 0 saturated carbocycles. The first-order valence-electron chi connectivity index (χ1n) is 8.43. The van der Waals surface area contributed by atoms with Crippen molar-refractivity contribution in [2.75, 3.05) is 13.1 Å². The SMILES string of the molecule is CCNC(=O)[C@@H](C)OC(=O)[C@H]1CCCCN1S(=O)(=O)c1ccccc1. The van der Waals surface area contributed by atoms with Crippen LogP contribution in [0, 0.1) is 0 Å². The number of benzene rings is 1. The van der Waals surface area contributed by atoms with Gasteiger partial charge in [-0.3, -0.25) is 9.59 Å². The summed E-state index contributed by atoms with van der Waals surface area (Å²) in [7, 11) is -3.79. The molecule has 2 atom stereocenters. The number of nitrogens with one attached hydrogen (secondary N) is 1. The van der Waals surface area contributed by atoms with E-state index in [9.17, 15) is 18.0 Å². The molecular formula is C17H24N2O5S. The highest BCUT2D eigenvalue weighted by atomic mass is 32.2. The van der Waals surface area contributed by atoms with Crippen LogP contribution in [-0.4, -0.2) is 49.8 Å². The van der Waals surface area contributed by atoms with E-state index >= 15 is 0 Å². The Hall–Kier alpha value is -1.93. The number of sulfonamides is 1. The summed E-state index contributed by atoms with van der Waals surface area (Å²) in [5, 5.41) is 2.57. The average molecular weight is 368 g/mol. The topological polar surface area (TPSA) is 92.8 Å². The highest BCUT2D eigenvalue weighted by molar-refractivity contribution is 7.89. The Balaban J connectivity index is 2.18. The minimum absolute atomic E-state index is 0.145. The third kappa shape index (κ3) is 4.58. The summed E-state index contributed by atoms with van der Waals surface area (Å²) in [6.45, 7) is 3.93. The van der Waals surface area contributed by atoms with Gasteiger partial charge in [-0.15, -0.1) is 0 Å². The first-order valence-corrected chi connectivity index (χ1v) is 9.87. The molecule has 138 valence electrons. The van der Waals surface area contributed by atoms with Gasteiger partial charge in [-0.05, 0) is 45.2 Å². The molecule has 1 aliphatic rings. The molecular weight excluding hydrogens is 344 g/mol. The van der Waals surface area contributed by atoms with E-state index in [-0.39, 0.29) is 11.4 Å². The van der Waals surface area contributed by atoms with Gasteiger partial charge in [0.15, 0.2) is 6.10 Å². The van der Waals surface area contributed by atoms with Gasteiger partial charge in [0.2, 0.25) is 10.0 Å². The number of nitrogens with zero attached hydrogens (tertiary/aromatic N) is 1. The summed E-state index contributed by atoms with van der Waals surface area (Å²) in [6, 6.07) is 7.11. The summed E-state index contributed by atoms with van der Waals surface area (Å²) in [5.74, 6) is -1.08. The van der Waals surface area contributed by atoms with E-state index in [1.54, 1.807) is 25.1 Å². The van der Waals surface area contributed by atoms with Crippen molar-refractivity contribution in [3.8, 4) is 0 Å². The molecule has 0 aliphatic carbocycles. The van der Waals surface area contributed by atoms with Crippen molar-refractivity contribution in [1.82, 2.24) is 9.62 Å². The Morgan fingerprint density at radius 3 is 2.60 bits per heavy atom. The molecule has 1 fully saturated rings. The van der Waals surface area contributed by atoms with Crippen molar-refractivity contribution in [2.24, 2.45) is 0 Å². The van der Waals surface area contributed by atoms with Crippen molar-refractivity contribution >= 4 is 21.9 Å². The second-order valence-corrected chi connectivity index (χ2v) is 7.80. The van der Waals surface area contributed by atoms with Crippen molar-refractivity contribution in [3.05, 3.63) is 30.3 Å². The molecule has 1 aliphatic heterocycles. The van der Waals surface area contributed by atoms with E-state index in [4.69, 9.17) is 4.74 Å². The molecule has 1 N–H and O–H groups in total. The van der Waals surface area contributed by atoms with E-state index in [2.05, 4.69) is 5.32 Å². The monoisotopic (exact) mass is 368 g/mol. The summed E-state index contributed by atoms with van der Waals surface area (Å²) < 4.78 is 32.1. The fourth-order valence-electron chi connectivity index (χ4n) is 2.78. The second kappa shape index (κ2) is 8.44. The largest absolute Gasteiger partial charge is 0.451 e. The number of carbonyl (C=O) groups is 2. The Morgan fingerprint density at radius 1 is 1.28 bits per heavy atom. The van der Waals surface area contributed by atoms with Crippen LogP contribution in [0.1, 0.15) is 33.1 Å². The zero-order chi connectivity index (χ0) is 18.4. The molecule has 0 spiro atoms. The Bertz CT molecular complexity index is 705. The molecule has 8 heteroatoms. The van der Waals surface area contributed by atoms with Crippen molar-refractivity contribution in [2.45, 2.75) is 50.2 Å². The van der Waals surface area contributed by atoms with Gasteiger partial charge in [-0.2, -0.15) is 4.31 Å². The number of likely N-dealkylation sites (N-methyl/N-ethyl adjacent to an activating group) is 1. The normalized spacial score (nSPS) is 19.8. The van der Waals surface area contributed by atoms with E-state index in [0.29, 0.717) is 19.4 Å². The third-order valence-electron chi connectivity index (χ3n) is 4.09. The molecule has 1 aromatic rings. The zero-order valence-corrected chi connectivity index (χ0v) is 15.3. The minimum Gasteiger partial charge on any atom is -0.451 e. The molecule has 25 heavy (non-hydrogen) atoms. The van der Waals surface area contributed by atoms with Gasteiger partial charge in [0.25, 0.3) is 5.91 Å². The fourth-order valence-corrected chi connectivity index (χ4v) is 4.45. The number of piperidine rings is 1. The molecule has 1 amide bonds. The van der Waals surface area contributed by atoms with Crippen LogP contribution in [0.3, 0.4) is 0 Å². The van der Waals surface area contributed by atoms with Crippen molar-refractivity contribution in [3.63, 3.8) is 0 Å². The van der Waals surface area contributed by atoms with E-state index < -0.39 is 34.0 Å². The highest BCUT2D eigenvalue weighted by Crippen LogP contribution is 2.26. The van der Waals surface area contributed by atoms with Gasteiger partial charge in [0.05, 0.1) is 4.90 Å². The maximum atomic E-state index is 12.9. The minimum atomic E-state index is -3.79. The lowest BCUT2D eigenvalue weighted by Gasteiger charge is -2.33. The molecule has 2 rings (SSSR count). The maximum absolute atomic E-state index is 12.9. The Labute approximate surface area is 148 Å². The number of hydrogen-bond donors (Lipinski definition) is 1. The van der Waals surface area contributed by atoms with E-state index in [1.807, 2.05) is 0 Å². The number of carbonyl (C=O) groups excluding carboxylic acids is 2. The van der Waals surface area contributed by atoms with Crippen LogP contribution in [0.5, 0.6) is 0 Å². The number of amides is 1. The maximum Gasteiger partial charge on any atom is 0.325 e. The summed E-state index contributed by atoms with van der Waals surface area (Å²) >= 11 is 0. The first-order chi connectivity index (χ1) is 11.9. The van der Waals surface area contributed by atoms with Gasteiger partial charge in [0, 0.05) is 13.1 Å². The van der Waals surface area contributed by atoms with Crippen LogP contribution < -0.4 is 5.32 Å². The van der Waals surface area contributed by atoms with Crippen LogP contribution in [0.25, 0.3) is 0 Å². The molecule has 0 aromatic heterocycles. The predicted molar refractivity (Wildman–Crippen MR) is 92.2 cm³/mol. The zero-order valence-electron chi connectivity index (χ0n) is 14.5. The van der Waals surface area contributed by atoms with Crippen LogP contribution in [0.2, 0.25) is 0 Å². The van der Waals surface area contributed by atoms with Gasteiger partial charge in [-0.1, -0.05) is 18.2 Å². The molecule has 1 heterocycles. The van der Waals surface area contributed by atoms with Crippen LogP contribution in [0.4, 0.5) is 0 Å². The second-order valence-electron chi connectivity index (χ2n) is 5.91. The number of hydrogen-bond acceptors (Lipinski definition) is 5. The molecule has 1 saturated heterocycles. The standard InChI is InChI=1S/C17H24N2O5S/c1-3-18-16(20)13(2)24-17(21)15-11-7-8-12-19(15)25(22,23)14-9-5-4-6-10-14/h4-6,9-10,13,15H,3,7-8,11-12H2,1-2H3,(H,18,20)/t13-,15-/m1/s1. The molecule has 0 unspecified atom stereocenters. The predicted octanol–water partition coefficient (Wildman–Crippen LogP) is 1.30. The quantitative estimate of drug-likeness (QED) is 0.764. The molecule has 7 nitrogen and oxygen atoms in total. The van der Waals surface area contributed by atoms with E-state index in [1.165, 1.54) is 23.4 Å². The lowest BCUT2D eigenvalue weighted by atomic mass is 10.1. The summed E-state index contributed by atoms with van der Waals surface area (Å²) in [6.07, 6.45) is 0.834.